The van der Waals surface area contributed by atoms with E-state index in [1.165, 1.54) is 11.3 Å². The first-order chi connectivity index (χ1) is 10.4. The van der Waals surface area contributed by atoms with Crippen molar-refractivity contribution < 1.29 is 4.79 Å². The number of amides is 1. The summed E-state index contributed by atoms with van der Waals surface area (Å²) in [5.41, 5.74) is 0. The summed E-state index contributed by atoms with van der Waals surface area (Å²) in [5.74, 6) is 1.48. The largest absolute Gasteiger partial charge is 0.302 e. The van der Waals surface area contributed by atoms with Crippen molar-refractivity contribution in [3.05, 3.63) is 35.9 Å². The molecule has 1 heterocycles. The van der Waals surface area contributed by atoms with E-state index in [4.69, 9.17) is 0 Å². The van der Waals surface area contributed by atoms with E-state index in [-0.39, 0.29) is 11.8 Å². The van der Waals surface area contributed by atoms with Gasteiger partial charge in [-0.05, 0) is 50.4 Å². The van der Waals surface area contributed by atoms with Crippen LogP contribution in [-0.4, -0.2) is 10.9 Å². The van der Waals surface area contributed by atoms with Crippen LogP contribution < -0.4 is 5.32 Å². The van der Waals surface area contributed by atoms with Crippen molar-refractivity contribution in [1.82, 2.24) is 4.98 Å². The van der Waals surface area contributed by atoms with E-state index in [1.807, 2.05) is 5.38 Å². The molecule has 0 saturated heterocycles. The van der Waals surface area contributed by atoms with Gasteiger partial charge in [-0.3, -0.25) is 4.79 Å². The first kappa shape index (κ1) is 14.5. The van der Waals surface area contributed by atoms with Crippen LogP contribution in [0.5, 0.6) is 0 Å². The van der Waals surface area contributed by atoms with Gasteiger partial charge in [0.2, 0.25) is 5.91 Å². The van der Waals surface area contributed by atoms with E-state index in [9.17, 15) is 4.79 Å². The Morgan fingerprint density at radius 2 is 1.67 bits per heavy atom. The molecular formula is C17H22N2OS. The number of carbonyl (C=O) groups is 1. The quantitative estimate of drug-likeness (QED) is 0.822. The predicted molar refractivity (Wildman–Crippen MR) is 87.2 cm³/mol. The molecule has 1 fully saturated rings. The molecule has 3 rings (SSSR count). The zero-order valence-corrected chi connectivity index (χ0v) is 13.0. The average Bonchev–Trinajstić information content (AvgIpc) is 2.90. The van der Waals surface area contributed by atoms with E-state index in [1.54, 1.807) is 6.20 Å². The van der Waals surface area contributed by atoms with Crippen molar-refractivity contribution in [3.63, 3.8) is 0 Å². The van der Waals surface area contributed by atoms with Gasteiger partial charge in [0, 0.05) is 17.5 Å². The Balaban J connectivity index is 1.59. The summed E-state index contributed by atoms with van der Waals surface area (Å²) >= 11 is 1.48. The molecule has 3 atom stereocenters. The van der Waals surface area contributed by atoms with Gasteiger partial charge in [-0.15, -0.1) is 11.3 Å². The topological polar surface area (TPSA) is 42.0 Å². The third kappa shape index (κ3) is 3.82. The summed E-state index contributed by atoms with van der Waals surface area (Å²) in [5, 5.41) is 5.59. The normalized spacial score (nSPS) is 32.1. The fourth-order valence-electron chi connectivity index (χ4n) is 3.34. The number of nitrogens with one attached hydrogen (secondary N) is 1. The molecule has 1 saturated carbocycles. The Labute approximate surface area is 130 Å². The van der Waals surface area contributed by atoms with Crippen molar-refractivity contribution in [3.8, 4) is 0 Å². The first-order valence-corrected chi connectivity index (χ1v) is 8.74. The lowest BCUT2D eigenvalue weighted by Crippen LogP contribution is -2.15. The minimum absolute atomic E-state index is 0.169. The van der Waals surface area contributed by atoms with E-state index in [2.05, 4.69) is 34.6 Å². The van der Waals surface area contributed by atoms with Gasteiger partial charge < -0.3 is 5.32 Å². The van der Waals surface area contributed by atoms with E-state index in [0.717, 1.165) is 43.7 Å². The smallest absolute Gasteiger partial charge is 0.229 e. The SMILES string of the molecule is O=C(Nc1nccs1)C1C2CC/C=C\CC/C=C/CCC21. The minimum atomic E-state index is 0.169. The maximum absolute atomic E-state index is 12.4. The van der Waals surface area contributed by atoms with Gasteiger partial charge in [-0.2, -0.15) is 0 Å². The number of fused-ring (bicyclic) bond motifs is 1. The monoisotopic (exact) mass is 302 g/mol. The van der Waals surface area contributed by atoms with Gasteiger partial charge in [0.05, 0.1) is 0 Å². The zero-order chi connectivity index (χ0) is 14.5. The maximum Gasteiger partial charge on any atom is 0.229 e. The molecule has 0 radical (unpaired) electrons. The molecule has 1 amide bonds. The Kier molecular flexibility index (Phi) is 4.86. The third-order valence-electron chi connectivity index (χ3n) is 4.46. The van der Waals surface area contributed by atoms with Crippen molar-refractivity contribution in [2.75, 3.05) is 5.32 Å². The van der Waals surface area contributed by atoms with Crippen LogP contribution in [0.25, 0.3) is 0 Å². The van der Waals surface area contributed by atoms with Crippen LogP contribution in [0.4, 0.5) is 5.13 Å². The van der Waals surface area contributed by atoms with Crippen molar-refractivity contribution in [2.45, 2.75) is 38.5 Å². The summed E-state index contributed by atoms with van der Waals surface area (Å²) in [6.07, 6.45) is 17.6. The highest BCUT2D eigenvalue weighted by molar-refractivity contribution is 7.13. The van der Waals surface area contributed by atoms with Crippen LogP contribution in [0, 0.1) is 17.8 Å². The second kappa shape index (κ2) is 7.03. The van der Waals surface area contributed by atoms with Crippen molar-refractivity contribution in [2.24, 2.45) is 17.8 Å². The number of thiazole rings is 1. The molecule has 4 heteroatoms. The number of carbonyl (C=O) groups excluding carboxylic acids is 1. The summed E-state index contributed by atoms with van der Waals surface area (Å²) in [6.45, 7) is 0. The van der Waals surface area contributed by atoms with E-state index >= 15 is 0 Å². The minimum Gasteiger partial charge on any atom is -0.302 e. The molecule has 1 aromatic heterocycles. The van der Waals surface area contributed by atoms with Crippen LogP contribution in [0.15, 0.2) is 35.9 Å². The number of nitrogens with zero attached hydrogens (tertiary/aromatic N) is 1. The van der Waals surface area contributed by atoms with Gasteiger partial charge in [-0.1, -0.05) is 24.3 Å². The lowest BCUT2D eigenvalue weighted by atomic mass is 10.1. The lowest BCUT2D eigenvalue weighted by Gasteiger charge is -2.00. The Hall–Kier alpha value is -1.42. The number of hydrogen-bond donors (Lipinski definition) is 1. The number of anilines is 1. The third-order valence-corrected chi connectivity index (χ3v) is 5.15. The Bertz CT molecular complexity index is 497. The first-order valence-electron chi connectivity index (χ1n) is 7.86. The van der Waals surface area contributed by atoms with Crippen LogP contribution in [0.2, 0.25) is 0 Å². The van der Waals surface area contributed by atoms with Crippen LogP contribution in [-0.2, 0) is 4.79 Å². The van der Waals surface area contributed by atoms with E-state index < -0.39 is 0 Å². The van der Waals surface area contributed by atoms with Crippen molar-refractivity contribution in [1.29, 1.82) is 0 Å². The van der Waals surface area contributed by atoms with Gasteiger partial charge in [0.15, 0.2) is 5.13 Å². The summed E-state index contributed by atoms with van der Waals surface area (Å²) in [6, 6.07) is 0. The molecule has 0 aromatic carbocycles. The van der Waals surface area contributed by atoms with Gasteiger partial charge in [0.25, 0.3) is 0 Å². The highest BCUT2D eigenvalue weighted by Crippen LogP contribution is 2.52. The van der Waals surface area contributed by atoms with E-state index in [0.29, 0.717) is 11.8 Å². The molecule has 0 bridgehead atoms. The van der Waals surface area contributed by atoms with Crippen LogP contribution >= 0.6 is 11.3 Å². The average molecular weight is 302 g/mol. The molecule has 1 aromatic rings. The second-order valence-electron chi connectivity index (χ2n) is 5.85. The predicted octanol–water partition coefficient (Wildman–Crippen LogP) is 4.41. The molecule has 21 heavy (non-hydrogen) atoms. The highest BCUT2D eigenvalue weighted by Gasteiger charge is 2.52. The number of allylic oxidation sites excluding steroid dienone is 4. The number of aromatic nitrogens is 1. The number of hydrogen-bond acceptors (Lipinski definition) is 3. The molecule has 3 unspecified atom stereocenters. The van der Waals surface area contributed by atoms with Gasteiger partial charge in [-0.25, -0.2) is 4.98 Å². The van der Waals surface area contributed by atoms with Gasteiger partial charge in [0.1, 0.15) is 0 Å². The standard InChI is InChI=1S/C17H22N2OS/c20-16(19-17-18-11-12-21-17)15-13-9-7-5-3-1-2-4-6-8-10-14(13)15/h3-6,11-15H,1-2,7-10H2,(H,18,19,20)/b5-3-,6-4+. The molecule has 2 aliphatic rings. The highest BCUT2D eigenvalue weighted by atomic mass is 32.1. The molecule has 112 valence electrons. The summed E-state index contributed by atoms with van der Waals surface area (Å²) in [4.78, 5) is 16.5. The molecular weight excluding hydrogens is 280 g/mol. The molecule has 0 spiro atoms. The molecule has 2 aliphatic carbocycles. The molecule has 3 nitrogen and oxygen atoms in total. The van der Waals surface area contributed by atoms with Crippen LogP contribution in [0.3, 0.4) is 0 Å². The molecule has 0 aliphatic heterocycles. The fourth-order valence-corrected chi connectivity index (χ4v) is 3.87. The Morgan fingerprint density at radius 3 is 2.24 bits per heavy atom. The molecule has 1 N–H and O–H groups in total. The Morgan fingerprint density at radius 1 is 1.05 bits per heavy atom. The summed E-state index contributed by atoms with van der Waals surface area (Å²) in [7, 11) is 0. The van der Waals surface area contributed by atoms with Crippen molar-refractivity contribution >= 4 is 22.4 Å². The summed E-state index contributed by atoms with van der Waals surface area (Å²) < 4.78 is 0. The fraction of sp³-hybridized carbons (Fsp3) is 0.529. The van der Waals surface area contributed by atoms with Gasteiger partial charge >= 0.3 is 0 Å². The zero-order valence-electron chi connectivity index (χ0n) is 12.2. The maximum atomic E-state index is 12.4. The lowest BCUT2D eigenvalue weighted by molar-refractivity contribution is -0.117. The number of rotatable bonds is 2. The second-order valence-corrected chi connectivity index (χ2v) is 6.75. The van der Waals surface area contributed by atoms with Crippen LogP contribution in [0.1, 0.15) is 38.5 Å².